The highest BCUT2D eigenvalue weighted by molar-refractivity contribution is 5.85. The number of nitrogens with zero attached hydrogens (tertiary/aromatic N) is 4. The highest BCUT2D eigenvalue weighted by Gasteiger charge is 2.36. The summed E-state index contributed by atoms with van der Waals surface area (Å²) in [5.41, 5.74) is 6.99. The van der Waals surface area contributed by atoms with Crippen LogP contribution in [0.25, 0.3) is 5.78 Å². The Morgan fingerprint density at radius 3 is 2.54 bits per heavy atom. The average molecular weight is 367 g/mol. The van der Waals surface area contributed by atoms with Gasteiger partial charge in [0.15, 0.2) is 0 Å². The molecule has 1 amide bonds. The van der Waals surface area contributed by atoms with Gasteiger partial charge in [0.1, 0.15) is 0 Å². The Morgan fingerprint density at radius 2 is 1.96 bits per heavy atom. The lowest BCUT2D eigenvalue weighted by molar-refractivity contribution is -0.144. The molecule has 11 heteroatoms. The summed E-state index contributed by atoms with van der Waals surface area (Å²) in [6.07, 6.45) is -4.09. The Hall–Kier alpha value is -1.94. The van der Waals surface area contributed by atoms with Crippen LogP contribution in [0.5, 0.6) is 0 Å². The quantitative estimate of drug-likeness (QED) is 0.828. The van der Waals surface area contributed by atoms with E-state index in [9.17, 15) is 18.0 Å². The SMILES string of the molecule is Cc1nc2nc(C(F)(F)F)nn2c(C)c1CCC(=O)NCCN.Cl. The number of aryl methyl sites for hydroxylation is 2. The number of fused-ring (bicyclic) bond motifs is 1. The molecule has 0 aromatic carbocycles. The van der Waals surface area contributed by atoms with Crippen LogP contribution >= 0.6 is 12.4 Å². The first kappa shape index (κ1) is 20.1. The van der Waals surface area contributed by atoms with E-state index in [0.717, 1.165) is 4.52 Å². The number of hydrogen-bond acceptors (Lipinski definition) is 5. The standard InChI is InChI=1S/C13H17F3N6O.ClH/c1-7-9(3-4-10(23)18-6-5-17)8(2)22-12(19-7)20-11(21-22)13(14,15)16;/h3-6,17H2,1-2H3,(H,18,23);1H. The summed E-state index contributed by atoms with van der Waals surface area (Å²) in [6, 6.07) is 0. The number of amides is 1. The molecule has 2 rings (SSSR count). The summed E-state index contributed by atoms with van der Waals surface area (Å²) >= 11 is 0. The number of aromatic nitrogens is 4. The number of nitrogens with one attached hydrogen (secondary N) is 1. The Bertz CT molecular complexity index is 731. The van der Waals surface area contributed by atoms with Gasteiger partial charge in [0, 0.05) is 30.9 Å². The van der Waals surface area contributed by atoms with Crippen LogP contribution in [0.2, 0.25) is 0 Å². The molecule has 7 nitrogen and oxygen atoms in total. The molecular formula is C13H18ClF3N6O. The molecule has 0 aliphatic rings. The largest absolute Gasteiger partial charge is 0.453 e. The molecule has 0 aliphatic carbocycles. The lowest BCUT2D eigenvalue weighted by Gasteiger charge is -2.10. The fraction of sp³-hybridized carbons (Fsp3) is 0.538. The normalized spacial score (nSPS) is 11.4. The van der Waals surface area contributed by atoms with E-state index < -0.39 is 12.0 Å². The molecule has 0 bridgehead atoms. The van der Waals surface area contributed by atoms with Crippen molar-refractivity contribution in [1.82, 2.24) is 24.9 Å². The van der Waals surface area contributed by atoms with E-state index in [0.29, 0.717) is 36.5 Å². The predicted octanol–water partition coefficient (Wildman–Crippen LogP) is 1.19. The molecule has 2 aromatic rings. The van der Waals surface area contributed by atoms with Gasteiger partial charge in [-0.15, -0.1) is 17.5 Å². The van der Waals surface area contributed by atoms with Gasteiger partial charge in [-0.1, -0.05) is 0 Å². The van der Waals surface area contributed by atoms with E-state index in [-0.39, 0.29) is 30.5 Å². The van der Waals surface area contributed by atoms with Gasteiger partial charge in [-0.2, -0.15) is 18.2 Å². The number of nitrogens with two attached hydrogens (primary N) is 1. The second-order valence-corrected chi connectivity index (χ2v) is 5.04. The second-order valence-electron chi connectivity index (χ2n) is 5.04. The van der Waals surface area contributed by atoms with Crippen LogP contribution in [0.3, 0.4) is 0 Å². The highest BCUT2D eigenvalue weighted by atomic mass is 35.5. The summed E-state index contributed by atoms with van der Waals surface area (Å²) in [6.45, 7) is 4.02. The number of hydrogen-bond donors (Lipinski definition) is 2. The second kappa shape index (κ2) is 7.75. The third kappa shape index (κ3) is 4.32. The summed E-state index contributed by atoms with van der Waals surface area (Å²) in [7, 11) is 0. The monoisotopic (exact) mass is 366 g/mol. The zero-order valence-corrected chi connectivity index (χ0v) is 14.0. The molecule has 0 unspecified atom stereocenters. The van der Waals surface area contributed by atoms with Crippen LogP contribution in [0, 0.1) is 13.8 Å². The van der Waals surface area contributed by atoms with Gasteiger partial charge in [-0.3, -0.25) is 4.79 Å². The summed E-state index contributed by atoms with van der Waals surface area (Å²) in [5.74, 6) is -1.52. The molecule has 0 atom stereocenters. The molecular weight excluding hydrogens is 349 g/mol. The molecule has 2 aromatic heterocycles. The molecule has 0 saturated heterocycles. The van der Waals surface area contributed by atoms with Gasteiger partial charge in [-0.25, -0.2) is 9.50 Å². The van der Waals surface area contributed by atoms with E-state index in [1.807, 2.05) is 0 Å². The number of rotatable bonds is 5. The van der Waals surface area contributed by atoms with Gasteiger partial charge in [0.05, 0.1) is 0 Å². The maximum atomic E-state index is 12.7. The fourth-order valence-electron chi connectivity index (χ4n) is 2.23. The maximum absolute atomic E-state index is 12.7. The van der Waals surface area contributed by atoms with Crippen LogP contribution in [-0.2, 0) is 17.4 Å². The van der Waals surface area contributed by atoms with Gasteiger partial charge in [0.2, 0.25) is 5.91 Å². The van der Waals surface area contributed by atoms with E-state index in [1.54, 1.807) is 13.8 Å². The van der Waals surface area contributed by atoms with E-state index in [2.05, 4.69) is 20.4 Å². The van der Waals surface area contributed by atoms with Crippen molar-refractivity contribution in [2.45, 2.75) is 32.9 Å². The minimum atomic E-state index is -4.63. The third-order valence-corrected chi connectivity index (χ3v) is 3.37. The molecule has 3 N–H and O–H groups in total. The molecule has 0 aliphatic heterocycles. The summed E-state index contributed by atoms with van der Waals surface area (Å²) in [4.78, 5) is 19.1. The predicted molar refractivity (Wildman–Crippen MR) is 82.9 cm³/mol. The van der Waals surface area contributed by atoms with E-state index in [1.165, 1.54) is 0 Å². The first-order chi connectivity index (χ1) is 10.7. The van der Waals surface area contributed by atoms with Crippen LogP contribution in [0.4, 0.5) is 13.2 Å². The number of carbonyl (C=O) groups excluding carboxylic acids is 1. The maximum Gasteiger partial charge on any atom is 0.453 e. The van der Waals surface area contributed by atoms with Crippen LogP contribution < -0.4 is 11.1 Å². The molecule has 0 saturated carbocycles. The minimum Gasteiger partial charge on any atom is -0.355 e. The molecule has 0 spiro atoms. The van der Waals surface area contributed by atoms with Gasteiger partial charge in [0.25, 0.3) is 11.6 Å². The molecule has 24 heavy (non-hydrogen) atoms. The number of alkyl halides is 3. The topological polar surface area (TPSA) is 98.2 Å². The van der Waals surface area contributed by atoms with Crippen molar-refractivity contribution in [2.24, 2.45) is 5.73 Å². The van der Waals surface area contributed by atoms with Crippen LogP contribution in [-0.4, -0.2) is 38.6 Å². The first-order valence-electron chi connectivity index (χ1n) is 7.01. The van der Waals surface area contributed by atoms with Gasteiger partial charge in [-0.05, 0) is 25.8 Å². The van der Waals surface area contributed by atoms with Crippen molar-refractivity contribution in [3.8, 4) is 0 Å². The smallest absolute Gasteiger partial charge is 0.355 e. The lowest BCUT2D eigenvalue weighted by atomic mass is 10.1. The van der Waals surface area contributed by atoms with Crippen molar-refractivity contribution in [3.63, 3.8) is 0 Å². The summed E-state index contributed by atoms with van der Waals surface area (Å²) in [5, 5.41) is 6.10. The summed E-state index contributed by atoms with van der Waals surface area (Å²) < 4.78 is 39.2. The van der Waals surface area contributed by atoms with Gasteiger partial charge >= 0.3 is 6.18 Å². The first-order valence-corrected chi connectivity index (χ1v) is 7.01. The molecule has 2 heterocycles. The Morgan fingerprint density at radius 1 is 1.29 bits per heavy atom. The lowest BCUT2D eigenvalue weighted by Crippen LogP contribution is -2.29. The van der Waals surface area contributed by atoms with Crippen molar-refractivity contribution >= 4 is 24.1 Å². The Kier molecular flexibility index (Phi) is 6.50. The van der Waals surface area contributed by atoms with E-state index in [4.69, 9.17) is 5.73 Å². The zero-order valence-electron chi connectivity index (χ0n) is 13.1. The van der Waals surface area contributed by atoms with Gasteiger partial charge < -0.3 is 11.1 Å². The third-order valence-electron chi connectivity index (χ3n) is 3.37. The van der Waals surface area contributed by atoms with E-state index >= 15 is 0 Å². The molecule has 0 fully saturated rings. The zero-order chi connectivity index (χ0) is 17.2. The number of carbonyl (C=O) groups is 1. The Labute approximate surface area is 142 Å². The van der Waals surface area contributed by atoms with Crippen molar-refractivity contribution in [1.29, 1.82) is 0 Å². The van der Waals surface area contributed by atoms with Crippen LogP contribution in [0.1, 0.15) is 29.2 Å². The Balaban J connectivity index is 0.00000288. The highest BCUT2D eigenvalue weighted by Crippen LogP contribution is 2.27. The minimum absolute atomic E-state index is 0. The van der Waals surface area contributed by atoms with Crippen LogP contribution in [0.15, 0.2) is 0 Å². The average Bonchev–Trinajstić information content (AvgIpc) is 2.89. The molecule has 134 valence electrons. The number of halogens is 4. The van der Waals surface area contributed by atoms with Crippen molar-refractivity contribution in [3.05, 3.63) is 22.8 Å². The van der Waals surface area contributed by atoms with Crippen molar-refractivity contribution in [2.75, 3.05) is 13.1 Å². The molecule has 0 radical (unpaired) electrons. The van der Waals surface area contributed by atoms with Crippen molar-refractivity contribution < 1.29 is 18.0 Å². The fourth-order valence-corrected chi connectivity index (χ4v) is 2.23.